The van der Waals surface area contributed by atoms with Crippen LogP contribution in [0.4, 0.5) is 24.1 Å². The predicted octanol–water partition coefficient (Wildman–Crippen LogP) is 3.67. The molecule has 1 heterocycles. The predicted molar refractivity (Wildman–Crippen MR) is 98.5 cm³/mol. The van der Waals surface area contributed by atoms with E-state index in [4.69, 9.17) is 9.47 Å². The lowest BCUT2D eigenvalue weighted by Gasteiger charge is -2.32. The molecule has 0 aliphatic carbocycles. The molecule has 0 radical (unpaired) electrons. The molecule has 2 aromatic rings. The van der Waals surface area contributed by atoms with Crippen LogP contribution in [0.15, 0.2) is 54.2 Å². The zero-order valence-corrected chi connectivity index (χ0v) is 15.5. The first-order chi connectivity index (χ1) is 14.3. The summed E-state index contributed by atoms with van der Waals surface area (Å²) in [6.45, 7) is 0.0111. The summed E-state index contributed by atoms with van der Waals surface area (Å²) in [4.78, 5) is 36.0. The second kappa shape index (κ2) is 8.66. The molecule has 1 atom stereocenters. The molecule has 0 spiro atoms. The van der Waals surface area contributed by atoms with E-state index >= 15 is 0 Å². The molecule has 0 saturated heterocycles. The number of imide groups is 1. The summed E-state index contributed by atoms with van der Waals surface area (Å²) in [5.74, 6) is -2.28. The van der Waals surface area contributed by atoms with Crippen molar-refractivity contribution in [3.63, 3.8) is 0 Å². The second-order valence-corrected chi connectivity index (χ2v) is 6.16. The van der Waals surface area contributed by atoms with Gasteiger partial charge < -0.3 is 14.8 Å². The number of nitro groups is 1. The second-order valence-electron chi connectivity index (χ2n) is 6.16. The molecule has 1 N–H and O–H groups in total. The van der Waals surface area contributed by atoms with Crippen LogP contribution in [0.2, 0.25) is 0 Å². The van der Waals surface area contributed by atoms with Gasteiger partial charge in [0.15, 0.2) is 11.6 Å². The Morgan fingerprint density at radius 3 is 2.50 bits per heavy atom. The van der Waals surface area contributed by atoms with Crippen molar-refractivity contribution in [3.8, 4) is 5.75 Å². The van der Waals surface area contributed by atoms with Crippen LogP contribution < -0.4 is 10.1 Å². The van der Waals surface area contributed by atoms with Gasteiger partial charge in [0.1, 0.15) is 5.75 Å². The summed E-state index contributed by atoms with van der Waals surface area (Å²) >= 11 is 0. The maximum absolute atomic E-state index is 13.7. The number of ether oxygens (including phenoxy) is 2. The standard InChI is InChI=1S/C19H15F2N3O6/c1-29-10-12-9-17(11-2-7-15(20)16(21)8-11)23(18(25)22-12)19(26)30-14-5-3-13(4-6-14)24(27)28/h2-9,17H,10H2,1H3,(H,22,25). The molecule has 0 bridgehead atoms. The van der Waals surface area contributed by atoms with E-state index in [-0.39, 0.29) is 23.6 Å². The number of carbonyl (C=O) groups excluding carboxylic acids is 2. The van der Waals surface area contributed by atoms with Gasteiger partial charge in [-0.15, -0.1) is 0 Å². The molecule has 1 aliphatic rings. The van der Waals surface area contributed by atoms with E-state index in [1.165, 1.54) is 31.4 Å². The van der Waals surface area contributed by atoms with E-state index < -0.39 is 34.7 Å². The Kier molecular flexibility index (Phi) is 6.02. The number of benzene rings is 2. The van der Waals surface area contributed by atoms with Crippen molar-refractivity contribution in [2.24, 2.45) is 0 Å². The SMILES string of the molecule is COCC1=CC(c2ccc(F)c(F)c2)N(C(=O)Oc2ccc([N+](=O)[O-])cc2)C(=O)N1. The topological polar surface area (TPSA) is 111 Å². The molecular formula is C19H15F2N3O6. The number of halogens is 2. The average molecular weight is 419 g/mol. The van der Waals surface area contributed by atoms with E-state index in [0.717, 1.165) is 24.3 Å². The van der Waals surface area contributed by atoms with Crippen LogP contribution in [0.25, 0.3) is 0 Å². The molecule has 0 fully saturated rings. The van der Waals surface area contributed by atoms with Gasteiger partial charge in [0, 0.05) is 24.9 Å². The highest BCUT2D eigenvalue weighted by atomic mass is 19.2. The third-order valence-electron chi connectivity index (χ3n) is 4.16. The van der Waals surface area contributed by atoms with E-state index in [2.05, 4.69) is 5.32 Å². The van der Waals surface area contributed by atoms with Gasteiger partial charge in [0.05, 0.1) is 17.6 Å². The molecule has 3 amide bonds. The molecule has 156 valence electrons. The van der Waals surface area contributed by atoms with Crippen LogP contribution in [0.5, 0.6) is 5.75 Å². The van der Waals surface area contributed by atoms with Crippen molar-refractivity contribution in [2.75, 3.05) is 13.7 Å². The van der Waals surface area contributed by atoms with Gasteiger partial charge in [-0.2, -0.15) is 0 Å². The van der Waals surface area contributed by atoms with Gasteiger partial charge in [-0.05, 0) is 35.9 Å². The zero-order chi connectivity index (χ0) is 21.8. The molecule has 0 aromatic heterocycles. The number of non-ortho nitro benzene ring substituents is 1. The van der Waals surface area contributed by atoms with Gasteiger partial charge in [-0.25, -0.2) is 23.3 Å². The highest BCUT2D eigenvalue weighted by molar-refractivity contribution is 5.94. The Labute approximate surface area is 168 Å². The molecule has 0 saturated carbocycles. The van der Waals surface area contributed by atoms with Gasteiger partial charge in [-0.3, -0.25) is 10.1 Å². The molecule has 1 aliphatic heterocycles. The summed E-state index contributed by atoms with van der Waals surface area (Å²) in [6, 6.07) is 5.63. The highest BCUT2D eigenvalue weighted by Crippen LogP contribution is 2.29. The van der Waals surface area contributed by atoms with E-state index in [0.29, 0.717) is 10.6 Å². The summed E-state index contributed by atoms with van der Waals surface area (Å²) in [5.41, 5.74) is 0.229. The minimum atomic E-state index is -1.15. The fourth-order valence-electron chi connectivity index (χ4n) is 2.79. The van der Waals surface area contributed by atoms with Crippen molar-refractivity contribution >= 4 is 17.8 Å². The van der Waals surface area contributed by atoms with Gasteiger partial charge >= 0.3 is 12.1 Å². The number of rotatable bonds is 5. The Hall–Kier alpha value is -3.86. The van der Waals surface area contributed by atoms with E-state index in [1.54, 1.807) is 0 Å². The molecular weight excluding hydrogens is 404 g/mol. The molecule has 1 unspecified atom stereocenters. The third kappa shape index (κ3) is 4.41. The largest absolute Gasteiger partial charge is 0.424 e. The van der Waals surface area contributed by atoms with Crippen molar-refractivity contribution in [2.45, 2.75) is 6.04 Å². The molecule has 2 aromatic carbocycles. The number of nitrogens with zero attached hydrogens (tertiary/aromatic N) is 2. The molecule has 11 heteroatoms. The number of urea groups is 1. The Bertz CT molecular complexity index is 1030. The number of hydrogen-bond acceptors (Lipinski definition) is 6. The van der Waals surface area contributed by atoms with Crippen LogP contribution in [0.1, 0.15) is 11.6 Å². The van der Waals surface area contributed by atoms with Gasteiger partial charge in [0.2, 0.25) is 0 Å². The average Bonchev–Trinajstić information content (AvgIpc) is 2.70. The van der Waals surface area contributed by atoms with E-state index in [1.807, 2.05) is 0 Å². The Morgan fingerprint density at radius 1 is 1.20 bits per heavy atom. The quantitative estimate of drug-likeness (QED) is 0.585. The summed E-state index contributed by atoms with van der Waals surface area (Å²) in [6.07, 6.45) is 0.318. The lowest BCUT2D eigenvalue weighted by molar-refractivity contribution is -0.384. The smallest absolute Gasteiger partial charge is 0.410 e. The first-order valence-corrected chi connectivity index (χ1v) is 8.51. The molecule has 3 rings (SSSR count). The van der Waals surface area contributed by atoms with Crippen molar-refractivity contribution in [3.05, 3.63) is 81.5 Å². The third-order valence-corrected chi connectivity index (χ3v) is 4.16. The monoisotopic (exact) mass is 419 g/mol. The van der Waals surface area contributed by atoms with Crippen LogP contribution in [0, 0.1) is 21.7 Å². The fraction of sp³-hybridized carbons (Fsp3) is 0.158. The maximum atomic E-state index is 13.7. The lowest BCUT2D eigenvalue weighted by Crippen LogP contribution is -2.50. The summed E-state index contributed by atoms with van der Waals surface area (Å²) in [5, 5.41) is 13.2. The van der Waals surface area contributed by atoms with Gasteiger partial charge in [-0.1, -0.05) is 6.07 Å². The molecule has 9 nitrogen and oxygen atoms in total. The normalized spacial score (nSPS) is 16.0. The number of amides is 3. The van der Waals surface area contributed by atoms with Crippen LogP contribution >= 0.6 is 0 Å². The number of hydrogen-bond donors (Lipinski definition) is 1. The fourth-order valence-corrected chi connectivity index (χ4v) is 2.79. The van der Waals surface area contributed by atoms with Crippen LogP contribution in [0.3, 0.4) is 0 Å². The number of nitro benzene ring substituents is 1. The Balaban J connectivity index is 1.92. The first-order valence-electron chi connectivity index (χ1n) is 8.51. The van der Waals surface area contributed by atoms with Crippen molar-refractivity contribution in [1.29, 1.82) is 0 Å². The maximum Gasteiger partial charge on any atom is 0.424 e. The number of nitrogens with one attached hydrogen (secondary N) is 1. The minimum Gasteiger partial charge on any atom is -0.410 e. The van der Waals surface area contributed by atoms with Crippen molar-refractivity contribution < 1.29 is 32.8 Å². The number of methoxy groups -OCH3 is 1. The summed E-state index contributed by atoms with van der Waals surface area (Å²) in [7, 11) is 1.40. The highest BCUT2D eigenvalue weighted by Gasteiger charge is 2.36. The minimum absolute atomic E-state index is 0.0111. The lowest BCUT2D eigenvalue weighted by atomic mass is 10.0. The molecule has 30 heavy (non-hydrogen) atoms. The summed E-state index contributed by atoms with van der Waals surface area (Å²) < 4.78 is 37.2. The van der Waals surface area contributed by atoms with Crippen LogP contribution in [-0.2, 0) is 4.74 Å². The van der Waals surface area contributed by atoms with Gasteiger partial charge in [0.25, 0.3) is 5.69 Å². The van der Waals surface area contributed by atoms with E-state index in [9.17, 15) is 28.5 Å². The number of carbonyl (C=O) groups is 2. The van der Waals surface area contributed by atoms with Crippen LogP contribution in [-0.4, -0.2) is 35.7 Å². The Morgan fingerprint density at radius 2 is 1.90 bits per heavy atom. The van der Waals surface area contributed by atoms with Crippen molar-refractivity contribution in [1.82, 2.24) is 10.2 Å². The zero-order valence-electron chi connectivity index (χ0n) is 15.5. The first kappa shape index (κ1) is 20.9.